The molecule has 1 atom stereocenters. The number of carbonyl (C=O) groups excluding carboxylic acids is 1. The Balaban J connectivity index is 1.56. The SMILES string of the molecule is COC1CC2(CCN(C(=O)c3ccno3)CC2)c2ccc(C)cc21. The van der Waals surface area contributed by atoms with Crippen molar-refractivity contribution in [3.05, 3.63) is 52.9 Å². The highest BCUT2D eigenvalue weighted by molar-refractivity contribution is 5.91. The van der Waals surface area contributed by atoms with E-state index in [4.69, 9.17) is 9.26 Å². The molecule has 126 valence electrons. The fraction of sp³-hybridized carbons (Fsp3) is 0.474. The number of methoxy groups -OCH3 is 1. The van der Waals surface area contributed by atoms with Gasteiger partial charge in [-0.15, -0.1) is 0 Å². The predicted molar refractivity (Wildman–Crippen MR) is 88.9 cm³/mol. The maximum Gasteiger partial charge on any atom is 0.292 e. The topological polar surface area (TPSA) is 55.6 Å². The van der Waals surface area contributed by atoms with Gasteiger partial charge in [0.15, 0.2) is 0 Å². The number of fused-ring (bicyclic) bond motifs is 2. The van der Waals surface area contributed by atoms with E-state index in [1.54, 1.807) is 13.2 Å². The molecule has 1 unspecified atom stereocenters. The largest absolute Gasteiger partial charge is 0.377 e. The van der Waals surface area contributed by atoms with Crippen molar-refractivity contribution >= 4 is 5.91 Å². The Morgan fingerprint density at radius 3 is 2.79 bits per heavy atom. The summed E-state index contributed by atoms with van der Waals surface area (Å²) in [5.41, 5.74) is 4.13. The number of amides is 1. The Morgan fingerprint density at radius 1 is 1.33 bits per heavy atom. The van der Waals surface area contributed by atoms with Gasteiger partial charge in [-0.3, -0.25) is 4.79 Å². The number of hydrogen-bond acceptors (Lipinski definition) is 4. The van der Waals surface area contributed by atoms with Crippen molar-refractivity contribution < 1.29 is 14.1 Å². The number of carbonyl (C=O) groups is 1. The van der Waals surface area contributed by atoms with Crippen LogP contribution >= 0.6 is 0 Å². The molecule has 1 amide bonds. The molecule has 0 N–H and O–H groups in total. The average molecular weight is 326 g/mol. The van der Waals surface area contributed by atoms with Crippen LogP contribution < -0.4 is 0 Å². The normalized spacial score (nSPS) is 21.9. The van der Waals surface area contributed by atoms with Gasteiger partial charge in [0.2, 0.25) is 5.76 Å². The van der Waals surface area contributed by atoms with E-state index in [0.717, 1.165) is 32.4 Å². The number of rotatable bonds is 2. The van der Waals surface area contributed by atoms with Crippen LogP contribution in [0.1, 0.15) is 52.6 Å². The highest BCUT2D eigenvalue weighted by Crippen LogP contribution is 2.52. The summed E-state index contributed by atoms with van der Waals surface area (Å²) in [5.74, 6) is 0.260. The Bertz CT molecular complexity index is 746. The van der Waals surface area contributed by atoms with Crippen molar-refractivity contribution in [3.63, 3.8) is 0 Å². The first-order valence-electron chi connectivity index (χ1n) is 8.47. The molecule has 1 spiro atoms. The molecule has 1 aliphatic carbocycles. The summed E-state index contributed by atoms with van der Waals surface area (Å²) in [6.45, 7) is 3.60. The number of piperidine rings is 1. The molecule has 1 aromatic carbocycles. The summed E-state index contributed by atoms with van der Waals surface area (Å²) in [6, 6.07) is 8.33. The summed E-state index contributed by atoms with van der Waals surface area (Å²) in [5, 5.41) is 3.63. The van der Waals surface area contributed by atoms with Crippen LogP contribution in [-0.2, 0) is 10.2 Å². The van der Waals surface area contributed by atoms with E-state index >= 15 is 0 Å². The van der Waals surface area contributed by atoms with E-state index < -0.39 is 0 Å². The summed E-state index contributed by atoms with van der Waals surface area (Å²) in [7, 11) is 1.79. The van der Waals surface area contributed by atoms with E-state index in [1.807, 2.05) is 4.90 Å². The molecule has 24 heavy (non-hydrogen) atoms. The minimum atomic E-state index is -0.0623. The highest BCUT2D eigenvalue weighted by Gasteiger charge is 2.46. The average Bonchev–Trinajstić information content (AvgIpc) is 3.22. The zero-order chi connectivity index (χ0) is 16.7. The molecule has 1 aromatic heterocycles. The fourth-order valence-corrected chi connectivity index (χ4v) is 4.31. The molecule has 0 radical (unpaired) electrons. The van der Waals surface area contributed by atoms with Crippen molar-refractivity contribution in [2.45, 2.75) is 37.7 Å². The van der Waals surface area contributed by atoms with Gasteiger partial charge in [0.05, 0.1) is 12.3 Å². The molecule has 0 bridgehead atoms. The first-order chi connectivity index (χ1) is 11.6. The first-order valence-corrected chi connectivity index (χ1v) is 8.47. The molecule has 4 rings (SSSR count). The molecular formula is C19H22N2O3. The molecular weight excluding hydrogens is 304 g/mol. The number of hydrogen-bond donors (Lipinski definition) is 0. The van der Waals surface area contributed by atoms with Gasteiger partial charge in [-0.05, 0) is 37.3 Å². The van der Waals surface area contributed by atoms with Gasteiger partial charge in [0, 0.05) is 31.7 Å². The van der Waals surface area contributed by atoms with E-state index in [0.29, 0.717) is 5.76 Å². The summed E-state index contributed by atoms with van der Waals surface area (Å²) in [6.07, 6.45) is 4.60. The molecule has 2 aromatic rings. The molecule has 0 saturated carbocycles. The second-order valence-corrected chi connectivity index (χ2v) is 6.97. The lowest BCUT2D eigenvalue weighted by atomic mass is 9.73. The van der Waals surface area contributed by atoms with Crippen molar-refractivity contribution in [1.29, 1.82) is 0 Å². The van der Waals surface area contributed by atoms with E-state index in [2.05, 4.69) is 30.3 Å². The highest BCUT2D eigenvalue weighted by atomic mass is 16.5. The van der Waals surface area contributed by atoms with Gasteiger partial charge in [-0.25, -0.2) is 0 Å². The van der Waals surface area contributed by atoms with Crippen LogP contribution in [0.25, 0.3) is 0 Å². The maximum absolute atomic E-state index is 12.4. The number of benzene rings is 1. The maximum atomic E-state index is 12.4. The lowest BCUT2D eigenvalue weighted by Crippen LogP contribution is -2.44. The van der Waals surface area contributed by atoms with Crippen molar-refractivity contribution in [1.82, 2.24) is 10.1 Å². The van der Waals surface area contributed by atoms with E-state index in [1.165, 1.54) is 22.9 Å². The van der Waals surface area contributed by atoms with Crippen LogP contribution in [0, 0.1) is 6.92 Å². The van der Waals surface area contributed by atoms with Crippen LogP contribution in [-0.4, -0.2) is 36.2 Å². The summed E-state index contributed by atoms with van der Waals surface area (Å²) in [4.78, 5) is 14.3. The van der Waals surface area contributed by atoms with Gasteiger partial charge in [0.1, 0.15) is 0 Å². The fourth-order valence-electron chi connectivity index (χ4n) is 4.31. The Hall–Kier alpha value is -2.14. The van der Waals surface area contributed by atoms with Gasteiger partial charge in [0.25, 0.3) is 5.91 Å². The lowest BCUT2D eigenvalue weighted by molar-refractivity contribution is 0.0530. The Labute approximate surface area is 141 Å². The Kier molecular flexibility index (Phi) is 3.68. The number of nitrogens with zero attached hydrogens (tertiary/aromatic N) is 2. The van der Waals surface area contributed by atoms with E-state index in [9.17, 15) is 4.79 Å². The minimum Gasteiger partial charge on any atom is -0.377 e. The monoisotopic (exact) mass is 326 g/mol. The number of likely N-dealkylation sites (tertiary alicyclic amines) is 1. The van der Waals surface area contributed by atoms with Gasteiger partial charge in [-0.1, -0.05) is 28.9 Å². The third-order valence-corrected chi connectivity index (χ3v) is 5.64. The van der Waals surface area contributed by atoms with Crippen molar-refractivity contribution in [2.24, 2.45) is 0 Å². The van der Waals surface area contributed by atoms with Crippen LogP contribution in [0.15, 0.2) is 35.0 Å². The summed E-state index contributed by atoms with van der Waals surface area (Å²) < 4.78 is 10.8. The molecule has 2 aliphatic rings. The minimum absolute atomic E-state index is 0.0623. The zero-order valence-electron chi connectivity index (χ0n) is 14.1. The quantitative estimate of drug-likeness (QED) is 0.850. The number of aryl methyl sites for hydroxylation is 1. The zero-order valence-corrected chi connectivity index (χ0v) is 14.1. The van der Waals surface area contributed by atoms with Crippen molar-refractivity contribution in [3.8, 4) is 0 Å². The second-order valence-electron chi connectivity index (χ2n) is 6.97. The van der Waals surface area contributed by atoms with Gasteiger partial charge >= 0.3 is 0 Å². The van der Waals surface area contributed by atoms with Crippen LogP contribution in [0.2, 0.25) is 0 Å². The smallest absolute Gasteiger partial charge is 0.292 e. The molecule has 1 fully saturated rings. The standard InChI is InChI=1S/C19H22N2O3/c1-13-3-4-15-14(11-13)17(23-2)12-19(15)6-9-21(10-7-19)18(22)16-5-8-20-24-16/h3-5,8,11,17H,6-7,9-10,12H2,1-2H3. The molecule has 5 nitrogen and oxygen atoms in total. The number of ether oxygens (including phenoxy) is 1. The lowest BCUT2D eigenvalue weighted by Gasteiger charge is -2.40. The van der Waals surface area contributed by atoms with Crippen LogP contribution in [0.4, 0.5) is 0 Å². The third-order valence-electron chi connectivity index (χ3n) is 5.64. The van der Waals surface area contributed by atoms with Crippen LogP contribution in [0.5, 0.6) is 0 Å². The summed E-state index contributed by atoms with van der Waals surface area (Å²) >= 11 is 0. The molecule has 1 saturated heterocycles. The second kappa shape index (κ2) is 5.74. The molecule has 1 aliphatic heterocycles. The molecule has 2 heterocycles. The predicted octanol–water partition coefficient (Wildman–Crippen LogP) is 3.25. The third kappa shape index (κ3) is 2.35. The van der Waals surface area contributed by atoms with Crippen LogP contribution in [0.3, 0.4) is 0 Å². The first kappa shape index (κ1) is 15.4. The number of aromatic nitrogens is 1. The van der Waals surface area contributed by atoms with E-state index in [-0.39, 0.29) is 17.4 Å². The Morgan fingerprint density at radius 2 is 2.12 bits per heavy atom. The molecule has 5 heteroatoms. The van der Waals surface area contributed by atoms with Gasteiger partial charge < -0.3 is 14.2 Å². The van der Waals surface area contributed by atoms with Crippen molar-refractivity contribution in [2.75, 3.05) is 20.2 Å². The van der Waals surface area contributed by atoms with Gasteiger partial charge in [-0.2, -0.15) is 0 Å².